The van der Waals surface area contributed by atoms with Gasteiger partial charge in [-0.25, -0.2) is 9.37 Å². The largest absolute Gasteiger partial charge is 0.346 e. The number of halogens is 1. The number of aromatic amines is 1. The number of rotatable bonds is 2. The van der Waals surface area contributed by atoms with Crippen molar-refractivity contribution in [3.63, 3.8) is 0 Å². The number of benzene rings is 1. The van der Waals surface area contributed by atoms with E-state index in [0.717, 1.165) is 28.0 Å². The minimum atomic E-state index is -0.229. The third-order valence-electron chi connectivity index (χ3n) is 4.59. The molecule has 0 unspecified atom stereocenters. The summed E-state index contributed by atoms with van der Waals surface area (Å²) < 4.78 is 13.3. The number of H-pyrrole nitrogens is 1. The van der Waals surface area contributed by atoms with Gasteiger partial charge in [0.25, 0.3) is 0 Å². The van der Waals surface area contributed by atoms with Crippen molar-refractivity contribution in [1.29, 1.82) is 0 Å². The molecule has 0 atom stereocenters. The molecule has 0 aliphatic carbocycles. The van der Waals surface area contributed by atoms with E-state index in [2.05, 4.69) is 32.1 Å². The van der Waals surface area contributed by atoms with Crippen LogP contribution in [0.1, 0.15) is 5.56 Å². The number of allylic oxidation sites excluding steroid dienone is 3. The Hall–Kier alpha value is -3.34. The van der Waals surface area contributed by atoms with E-state index in [-0.39, 0.29) is 5.82 Å². The monoisotopic (exact) mass is 330 g/mol. The number of hydrazine groups is 1. The van der Waals surface area contributed by atoms with Gasteiger partial charge in [0, 0.05) is 35.1 Å². The van der Waals surface area contributed by atoms with Crippen LogP contribution in [0.15, 0.2) is 78.9 Å². The van der Waals surface area contributed by atoms with Crippen molar-refractivity contribution in [2.24, 2.45) is 0 Å². The average Bonchev–Trinajstić information content (AvgIpc) is 3.26. The van der Waals surface area contributed by atoms with Crippen LogP contribution in [0.25, 0.3) is 16.6 Å². The van der Waals surface area contributed by atoms with Crippen molar-refractivity contribution in [3.05, 3.63) is 90.3 Å². The van der Waals surface area contributed by atoms with Gasteiger partial charge in [-0.15, -0.1) is 0 Å². The van der Waals surface area contributed by atoms with Gasteiger partial charge in [0.15, 0.2) is 0 Å². The van der Waals surface area contributed by atoms with Crippen molar-refractivity contribution >= 4 is 22.3 Å². The second-order valence-corrected chi connectivity index (χ2v) is 6.08. The summed E-state index contributed by atoms with van der Waals surface area (Å²) in [4.78, 5) is 7.64. The Bertz CT molecular complexity index is 1040. The molecule has 0 amide bonds. The zero-order valence-corrected chi connectivity index (χ0v) is 13.4. The molecule has 25 heavy (non-hydrogen) atoms. The number of hydrogen-bond acceptors (Lipinski definition) is 3. The first-order valence-electron chi connectivity index (χ1n) is 8.13. The third kappa shape index (κ3) is 2.24. The molecule has 0 fully saturated rings. The van der Waals surface area contributed by atoms with Crippen LogP contribution < -0.4 is 5.01 Å². The Kier molecular flexibility index (Phi) is 3.00. The summed E-state index contributed by atoms with van der Waals surface area (Å²) in [5.74, 6) is -0.229. The van der Waals surface area contributed by atoms with Crippen LogP contribution >= 0.6 is 0 Å². The Labute approximate surface area is 144 Å². The Morgan fingerprint density at radius 3 is 2.84 bits per heavy atom. The summed E-state index contributed by atoms with van der Waals surface area (Å²) in [5, 5.41) is 5.32. The average molecular weight is 330 g/mol. The minimum Gasteiger partial charge on any atom is -0.346 e. The second-order valence-electron chi connectivity index (χ2n) is 6.08. The first-order valence-corrected chi connectivity index (χ1v) is 8.13. The van der Waals surface area contributed by atoms with Crippen molar-refractivity contribution in [2.75, 3.05) is 11.6 Å². The lowest BCUT2D eigenvalue weighted by Crippen LogP contribution is -2.33. The van der Waals surface area contributed by atoms with E-state index in [9.17, 15) is 4.39 Å². The molecule has 2 aliphatic rings. The maximum atomic E-state index is 13.3. The maximum absolute atomic E-state index is 13.3. The zero-order chi connectivity index (χ0) is 16.8. The van der Waals surface area contributed by atoms with Crippen LogP contribution in [-0.4, -0.2) is 21.5 Å². The summed E-state index contributed by atoms with van der Waals surface area (Å²) in [7, 11) is 0. The predicted octanol–water partition coefficient (Wildman–Crippen LogP) is 4.23. The first-order chi connectivity index (χ1) is 12.3. The summed E-state index contributed by atoms with van der Waals surface area (Å²) in [6, 6.07) is 10.8. The molecule has 5 rings (SSSR count). The molecule has 1 N–H and O–H groups in total. The molecule has 5 heteroatoms. The number of nitrogens with zero attached hydrogens (tertiary/aromatic N) is 3. The zero-order valence-electron chi connectivity index (χ0n) is 13.4. The Morgan fingerprint density at radius 1 is 1.08 bits per heavy atom. The topological polar surface area (TPSA) is 35.2 Å². The Balaban J connectivity index is 1.59. The highest BCUT2D eigenvalue weighted by atomic mass is 19.1. The lowest BCUT2D eigenvalue weighted by Gasteiger charge is -2.31. The van der Waals surface area contributed by atoms with Gasteiger partial charge >= 0.3 is 0 Å². The summed E-state index contributed by atoms with van der Waals surface area (Å²) in [6.45, 7) is 0.702. The smallest absolute Gasteiger partial charge is 0.137 e. The second kappa shape index (κ2) is 5.34. The van der Waals surface area contributed by atoms with Gasteiger partial charge in [0.1, 0.15) is 11.5 Å². The van der Waals surface area contributed by atoms with Gasteiger partial charge in [0.05, 0.1) is 17.9 Å². The van der Waals surface area contributed by atoms with Gasteiger partial charge in [-0.05, 0) is 48.6 Å². The van der Waals surface area contributed by atoms with Crippen molar-refractivity contribution in [3.8, 4) is 0 Å². The van der Waals surface area contributed by atoms with E-state index < -0.39 is 0 Å². The van der Waals surface area contributed by atoms with Crippen LogP contribution in [0.4, 0.5) is 10.1 Å². The predicted molar refractivity (Wildman–Crippen MR) is 96.9 cm³/mol. The highest BCUT2D eigenvalue weighted by molar-refractivity contribution is 5.84. The van der Waals surface area contributed by atoms with Gasteiger partial charge in [-0.3, -0.25) is 10.0 Å². The molecular formula is C20H15FN4. The normalized spacial score (nSPS) is 16.2. The lowest BCUT2D eigenvalue weighted by molar-refractivity contribution is 0.477. The van der Waals surface area contributed by atoms with E-state index in [1.165, 1.54) is 17.7 Å². The molecule has 1 aromatic carbocycles. The Morgan fingerprint density at radius 2 is 1.96 bits per heavy atom. The first kappa shape index (κ1) is 14.0. The van der Waals surface area contributed by atoms with Gasteiger partial charge in [-0.2, -0.15) is 0 Å². The third-order valence-corrected chi connectivity index (χ3v) is 4.59. The fraction of sp³-hybridized carbons (Fsp3) is 0.0500. The molecule has 0 radical (unpaired) electrons. The van der Waals surface area contributed by atoms with Crippen LogP contribution in [0.2, 0.25) is 0 Å². The SMILES string of the molecule is Fc1ccc(N2CC(c3cnc4[nH]ccc4c3)=C3C=CC=CN32)cc1. The highest BCUT2D eigenvalue weighted by Gasteiger charge is 2.29. The fourth-order valence-electron chi connectivity index (χ4n) is 3.36. The molecule has 3 aromatic rings. The summed E-state index contributed by atoms with van der Waals surface area (Å²) in [6.07, 6.45) is 11.9. The quantitative estimate of drug-likeness (QED) is 0.763. The molecule has 0 saturated heterocycles. The number of anilines is 1. The van der Waals surface area contributed by atoms with Crippen LogP contribution in [0.5, 0.6) is 0 Å². The number of aromatic nitrogens is 2. The molecule has 4 heterocycles. The number of pyridine rings is 1. The summed E-state index contributed by atoms with van der Waals surface area (Å²) >= 11 is 0. The molecule has 2 aromatic heterocycles. The van der Waals surface area contributed by atoms with Crippen molar-refractivity contribution in [2.45, 2.75) is 0 Å². The molecule has 0 bridgehead atoms. The van der Waals surface area contributed by atoms with E-state index in [1.807, 2.05) is 36.8 Å². The van der Waals surface area contributed by atoms with Crippen LogP contribution in [-0.2, 0) is 0 Å². The van der Waals surface area contributed by atoms with E-state index in [1.54, 1.807) is 12.1 Å². The van der Waals surface area contributed by atoms with Crippen LogP contribution in [0.3, 0.4) is 0 Å². The van der Waals surface area contributed by atoms with E-state index in [4.69, 9.17) is 0 Å². The van der Waals surface area contributed by atoms with Gasteiger partial charge in [0.2, 0.25) is 0 Å². The number of hydrogen-bond donors (Lipinski definition) is 1. The number of nitrogens with one attached hydrogen (secondary N) is 1. The number of fused-ring (bicyclic) bond motifs is 2. The molecule has 4 nitrogen and oxygen atoms in total. The van der Waals surface area contributed by atoms with Gasteiger partial charge < -0.3 is 4.98 Å². The fourth-order valence-corrected chi connectivity index (χ4v) is 3.36. The van der Waals surface area contributed by atoms with Crippen LogP contribution in [0, 0.1) is 5.82 Å². The molecule has 122 valence electrons. The standard InChI is InChI=1S/C20H15FN4/c21-16-4-6-17(7-5-16)25-13-18(19-3-1-2-10-24(19)25)15-11-14-8-9-22-20(14)23-12-15/h1-12H,13H2,(H,22,23). The van der Waals surface area contributed by atoms with E-state index >= 15 is 0 Å². The summed E-state index contributed by atoms with van der Waals surface area (Å²) in [5.41, 5.74) is 5.24. The molecule has 0 spiro atoms. The molecule has 0 saturated carbocycles. The van der Waals surface area contributed by atoms with Crippen molar-refractivity contribution < 1.29 is 4.39 Å². The van der Waals surface area contributed by atoms with E-state index in [0.29, 0.717) is 6.54 Å². The van der Waals surface area contributed by atoms with Gasteiger partial charge in [-0.1, -0.05) is 6.08 Å². The highest BCUT2D eigenvalue weighted by Crippen LogP contribution is 2.36. The van der Waals surface area contributed by atoms with Crippen molar-refractivity contribution in [1.82, 2.24) is 15.0 Å². The minimum absolute atomic E-state index is 0.229. The molecular weight excluding hydrogens is 315 g/mol. The molecule has 2 aliphatic heterocycles. The maximum Gasteiger partial charge on any atom is 0.137 e. The lowest BCUT2D eigenvalue weighted by atomic mass is 10.0.